The van der Waals surface area contributed by atoms with Crippen LogP contribution in [0.25, 0.3) is 0 Å². The molecule has 1 aliphatic rings. The summed E-state index contributed by atoms with van der Waals surface area (Å²) >= 11 is 0. The van der Waals surface area contributed by atoms with Gasteiger partial charge in [-0.15, -0.1) is 0 Å². The molecular weight excluding hydrogens is 222 g/mol. The second kappa shape index (κ2) is 6.35. The minimum atomic E-state index is 0.264. The minimum Gasteiger partial charge on any atom is -0.396 e. The summed E-state index contributed by atoms with van der Waals surface area (Å²) in [7, 11) is 0. The predicted octanol–water partition coefficient (Wildman–Crippen LogP) is 3.06. The van der Waals surface area contributed by atoms with Crippen LogP contribution in [0.3, 0.4) is 0 Å². The third-order valence-corrected chi connectivity index (χ3v) is 3.87. The Kier molecular flexibility index (Phi) is 4.79. The molecule has 100 valence electrons. The van der Waals surface area contributed by atoms with Gasteiger partial charge in [0.2, 0.25) is 0 Å². The largest absolute Gasteiger partial charge is 0.396 e. The van der Waals surface area contributed by atoms with Gasteiger partial charge in [0.15, 0.2) is 0 Å². The molecule has 1 fully saturated rings. The lowest BCUT2D eigenvalue weighted by Gasteiger charge is -2.22. The smallest absolute Gasteiger partial charge is 0.0445 e. The Hall–Kier alpha value is -0.860. The van der Waals surface area contributed by atoms with Crippen LogP contribution in [0.5, 0.6) is 0 Å². The number of nitrogens with one attached hydrogen (secondary N) is 1. The minimum absolute atomic E-state index is 0.264. The fourth-order valence-corrected chi connectivity index (χ4v) is 2.54. The van der Waals surface area contributed by atoms with Gasteiger partial charge in [-0.2, -0.15) is 0 Å². The first-order chi connectivity index (χ1) is 8.72. The Bertz CT molecular complexity index is 371. The molecule has 1 saturated carbocycles. The van der Waals surface area contributed by atoms with Crippen molar-refractivity contribution in [1.29, 1.82) is 0 Å². The SMILES string of the molecule is CC(C)C(CCO)NCc1ccccc1C1CC1. The lowest BCUT2D eigenvalue weighted by atomic mass is 9.99. The highest BCUT2D eigenvalue weighted by Crippen LogP contribution is 2.41. The maximum absolute atomic E-state index is 9.10. The Balaban J connectivity index is 1.96. The average Bonchev–Trinajstić information content (AvgIpc) is 3.18. The van der Waals surface area contributed by atoms with Crippen molar-refractivity contribution in [1.82, 2.24) is 5.32 Å². The van der Waals surface area contributed by atoms with E-state index in [0.29, 0.717) is 12.0 Å². The summed E-state index contributed by atoms with van der Waals surface area (Å²) in [5, 5.41) is 12.7. The molecule has 2 rings (SSSR count). The van der Waals surface area contributed by atoms with Gasteiger partial charge in [-0.1, -0.05) is 38.1 Å². The van der Waals surface area contributed by atoms with E-state index in [0.717, 1.165) is 18.9 Å². The molecule has 1 aromatic rings. The number of benzene rings is 1. The van der Waals surface area contributed by atoms with Gasteiger partial charge in [0.1, 0.15) is 0 Å². The third kappa shape index (κ3) is 3.56. The Morgan fingerprint density at radius 3 is 2.61 bits per heavy atom. The van der Waals surface area contributed by atoms with Crippen LogP contribution in [0.1, 0.15) is 50.2 Å². The molecule has 0 saturated heterocycles. The molecule has 1 aliphatic carbocycles. The molecule has 0 amide bonds. The molecule has 0 radical (unpaired) electrons. The molecule has 0 heterocycles. The monoisotopic (exact) mass is 247 g/mol. The second-order valence-electron chi connectivity index (χ2n) is 5.72. The van der Waals surface area contributed by atoms with Gasteiger partial charge in [0, 0.05) is 19.2 Å². The zero-order valence-corrected chi connectivity index (χ0v) is 11.5. The first-order valence-electron chi connectivity index (χ1n) is 7.14. The molecule has 1 unspecified atom stereocenters. The van der Waals surface area contributed by atoms with Crippen molar-refractivity contribution in [2.75, 3.05) is 6.61 Å². The van der Waals surface area contributed by atoms with E-state index in [4.69, 9.17) is 5.11 Å². The normalized spacial score (nSPS) is 17.1. The molecular formula is C16H25NO. The second-order valence-corrected chi connectivity index (χ2v) is 5.72. The van der Waals surface area contributed by atoms with E-state index in [9.17, 15) is 0 Å². The van der Waals surface area contributed by atoms with E-state index in [-0.39, 0.29) is 6.61 Å². The van der Waals surface area contributed by atoms with Crippen molar-refractivity contribution in [2.45, 2.75) is 51.6 Å². The Labute approximate surface area is 110 Å². The summed E-state index contributed by atoms with van der Waals surface area (Å²) in [5.74, 6) is 1.36. The predicted molar refractivity (Wildman–Crippen MR) is 75.6 cm³/mol. The number of hydrogen-bond acceptors (Lipinski definition) is 2. The molecule has 0 aliphatic heterocycles. The highest BCUT2D eigenvalue weighted by Gasteiger charge is 2.25. The Morgan fingerprint density at radius 1 is 1.28 bits per heavy atom. The first-order valence-corrected chi connectivity index (χ1v) is 7.14. The highest BCUT2D eigenvalue weighted by atomic mass is 16.3. The molecule has 2 heteroatoms. The third-order valence-electron chi connectivity index (χ3n) is 3.87. The van der Waals surface area contributed by atoms with Crippen molar-refractivity contribution < 1.29 is 5.11 Å². The quantitative estimate of drug-likeness (QED) is 0.776. The van der Waals surface area contributed by atoms with E-state index in [2.05, 4.69) is 43.4 Å². The van der Waals surface area contributed by atoms with Crippen LogP contribution in [-0.4, -0.2) is 17.8 Å². The van der Waals surface area contributed by atoms with Crippen molar-refractivity contribution in [3.63, 3.8) is 0 Å². The summed E-state index contributed by atoms with van der Waals surface area (Å²) in [4.78, 5) is 0. The number of hydrogen-bond donors (Lipinski definition) is 2. The van der Waals surface area contributed by atoms with Crippen molar-refractivity contribution in [3.05, 3.63) is 35.4 Å². The number of aliphatic hydroxyl groups is 1. The van der Waals surface area contributed by atoms with Gasteiger partial charge >= 0.3 is 0 Å². The number of aliphatic hydroxyl groups excluding tert-OH is 1. The maximum atomic E-state index is 9.10. The fraction of sp³-hybridized carbons (Fsp3) is 0.625. The molecule has 0 aromatic heterocycles. The van der Waals surface area contributed by atoms with Crippen molar-refractivity contribution in [2.24, 2.45) is 5.92 Å². The van der Waals surface area contributed by atoms with Crippen molar-refractivity contribution >= 4 is 0 Å². The standard InChI is InChI=1S/C16H25NO/c1-12(2)16(9-10-18)17-11-14-5-3-4-6-15(14)13-7-8-13/h3-6,12-13,16-18H,7-11H2,1-2H3. The lowest BCUT2D eigenvalue weighted by Crippen LogP contribution is -2.34. The maximum Gasteiger partial charge on any atom is 0.0445 e. The fourth-order valence-electron chi connectivity index (χ4n) is 2.54. The van der Waals surface area contributed by atoms with E-state index < -0.39 is 0 Å². The molecule has 0 bridgehead atoms. The summed E-state index contributed by atoms with van der Waals surface area (Å²) < 4.78 is 0. The molecule has 2 N–H and O–H groups in total. The molecule has 1 aromatic carbocycles. The van der Waals surface area contributed by atoms with Crippen LogP contribution < -0.4 is 5.32 Å². The van der Waals surface area contributed by atoms with Crippen LogP contribution in [0.4, 0.5) is 0 Å². The van der Waals surface area contributed by atoms with E-state index in [1.165, 1.54) is 24.0 Å². The molecule has 2 nitrogen and oxygen atoms in total. The molecule has 0 spiro atoms. The van der Waals surface area contributed by atoms with Gasteiger partial charge in [-0.25, -0.2) is 0 Å². The van der Waals surface area contributed by atoms with E-state index in [1.807, 2.05) is 0 Å². The molecule has 18 heavy (non-hydrogen) atoms. The van der Waals surface area contributed by atoms with Gasteiger partial charge < -0.3 is 10.4 Å². The van der Waals surface area contributed by atoms with Gasteiger partial charge in [-0.3, -0.25) is 0 Å². The van der Waals surface area contributed by atoms with Crippen LogP contribution in [0.2, 0.25) is 0 Å². The van der Waals surface area contributed by atoms with Crippen LogP contribution in [0.15, 0.2) is 24.3 Å². The van der Waals surface area contributed by atoms with Crippen LogP contribution >= 0.6 is 0 Å². The summed E-state index contributed by atoms with van der Waals surface area (Å²) in [5.41, 5.74) is 2.96. The van der Waals surface area contributed by atoms with E-state index >= 15 is 0 Å². The van der Waals surface area contributed by atoms with Crippen molar-refractivity contribution in [3.8, 4) is 0 Å². The highest BCUT2D eigenvalue weighted by molar-refractivity contribution is 5.33. The van der Waals surface area contributed by atoms with Gasteiger partial charge in [0.25, 0.3) is 0 Å². The van der Waals surface area contributed by atoms with Gasteiger partial charge in [-0.05, 0) is 42.2 Å². The zero-order valence-electron chi connectivity index (χ0n) is 11.5. The summed E-state index contributed by atoms with van der Waals surface area (Å²) in [6.07, 6.45) is 3.53. The first kappa shape index (κ1) is 13.6. The van der Waals surface area contributed by atoms with Crippen LogP contribution in [-0.2, 0) is 6.54 Å². The van der Waals surface area contributed by atoms with Gasteiger partial charge in [0.05, 0.1) is 0 Å². The zero-order chi connectivity index (χ0) is 13.0. The lowest BCUT2D eigenvalue weighted by molar-refractivity contribution is 0.244. The Morgan fingerprint density at radius 2 is 2.00 bits per heavy atom. The molecule has 1 atom stereocenters. The average molecular weight is 247 g/mol. The topological polar surface area (TPSA) is 32.3 Å². The summed E-state index contributed by atoms with van der Waals surface area (Å²) in [6.45, 7) is 5.61. The van der Waals surface area contributed by atoms with E-state index in [1.54, 1.807) is 0 Å². The van der Waals surface area contributed by atoms with Crippen LogP contribution in [0, 0.1) is 5.92 Å². The number of rotatable bonds is 7. The summed E-state index contributed by atoms with van der Waals surface area (Å²) in [6, 6.07) is 9.17.